The fraction of sp³-hybridized carbons (Fsp3) is 0.644. The summed E-state index contributed by atoms with van der Waals surface area (Å²) < 4.78 is 94.1. The van der Waals surface area contributed by atoms with Crippen molar-refractivity contribution in [3.8, 4) is 11.5 Å². The Labute approximate surface area is 330 Å². The number of nitrogens with zero attached hydrogens (tertiary/aromatic N) is 1. The molecule has 2 fully saturated rings. The molecule has 0 aromatic heterocycles. The lowest BCUT2D eigenvalue weighted by Gasteiger charge is -2.46. The molecule has 312 valence electrons. The highest BCUT2D eigenvalue weighted by atomic mass is 19.4. The fourth-order valence-electron chi connectivity index (χ4n) is 9.38. The standard InChI is InChI=1S/C45H62F6N2O3/c1-31(17-18-32(2)38-28-35(55-44(46,47)48)19-21-40(38)52-25-23-33-13-9-7-10-14-33)27-37(54-6)30-43(5)42(3,4)39-29-36(56-45(49,50)51)20-22-41(39)53(43)26-24-34-15-11-8-12-16-34/h19-22,27-29,32-34,52H,1,7-18,23-26,30H2,2-6H3/b37-27-. The Morgan fingerprint density at radius 3 is 2.02 bits per heavy atom. The Kier molecular flexibility index (Phi) is 14.3. The Balaban J connectivity index is 1.32. The third kappa shape index (κ3) is 11.3. The summed E-state index contributed by atoms with van der Waals surface area (Å²) in [5.41, 5.74) is 2.95. The van der Waals surface area contributed by atoms with Gasteiger partial charge in [-0.05, 0) is 104 Å². The zero-order valence-electron chi connectivity index (χ0n) is 33.9. The van der Waals surface area contributed by atoms with Crippen LogP contribution in [0.15, 0.2) is 60.4 Å². The first-order valence-corrected chi connectivity index (χ1v) is 20.6. The van der Waals surface area contributed by atoms with Crippen molar-refractivity contribution in [1.82, 2.24) is 0 Å². The molecule has 5 nitrogen and oxygen atoms in total. The fourth-order valence-corrected chi connectivity index (χ4v) is 9.38. The summed E-state index contributed by atoms with van der Waals surface area (Å²) in [4.78, 5) is 2.37. The maximum absolute atomic E-state index is 13.3. The SMILES string of the molecule is C=C(/C=C(/CC1(C)N(CCC2CCCCC2)c2ccc(OC(F)(F)F)cc2C1(C)C)OC)CCC(C)c1cc(OC(F)(F)F)ccc1NCCC1CCCCC1. The van der Waals surface area contributed by atoms with E-state index in [0.717, 1.165) is 54.0 Å². The van der Waals surface area contributed by atoms with Crippen molar-refractivity contribution in [3.05, 3.63) is 71.5 Å². The first-order chi connectivity index (χ1) is 26.4. The molecule has 2 aromatic rings. The van der Waals surface area contributed by atoms with Gasteiger partial charge in [0.05, 0.1) is 18.4 Å². The lowest BCUT2D eigenvalue weighted by molar-refractivity contribution is -0.275. The molecule has 0 amide bonds. The van der Waals surface area contributed by atoms with Crippen molar-refractivity contribution in [2.24, 2.45) is 11.8 Å². The Bertz CT molecular complexity index is 1640. The Morgan fingerprint density at radius 1 is 0.857 bits per heavy atom. The van der Waals surface area contributed by atoms with E-state index in [9.17, 15) is 26.3 Å². The molecule has 2 saturated carbocycles. The average Bonchev–Trinajstić information content (AvgIpc) is 3.29. The highest BCUT2D eigenvalue weighted by Gasteiger charge is 2.54. The molecule has 2 atom stereocenters. The minimum Gasteiger partial charge on any atom is -0.501 e. The summed E-state index contributed by atoms with van der Waals surface area (Å²) >= 11 is 0. The summed E-state index contributed by atoms with van der Waals surface area (Å²) in [7, 11) is 1.62. The number of halogens is 6. The molecule has 0 bridgehead atoms. The molecule has 1 heterocycles. The molecule has 2 aromatic carbocycles. The van der Waals surface area contributed by atoms with Crippen LogP contribution in [-0.4, -0.2) is 38.5 Å². The molecule has 1 N–H and O–H groups in total. The number of anilines is 2. The van der Waals surface area contributed by atoms with E-state index in [4.69, 9.17) is 4.74 Å². The number of nitrogens with one attached hydrogen (secondary N) is 1. The van der Waals surface area contributed by atoms with Crippen molar-refractivity contribution in [3.63, 3.8) is 0 Å². The number of alkyl halides is 6. The molecular formula is C45H62F6N2O3. The van der Waals surface area contributed by atoms with Crippen LogP contribution in [-0.2, 0) is 10.2 Å². The summed E-state index contributed by atoms with van der Waals surface area (Å²) in [5, 5.41) is 3.51. The van der Waals surface area contributed by atoms with Gasteiger partial charge >= 0.3 is 12.7 Å². The largest absolute Gasteiger partial charge is 0.573 e. The molecule has 0 radical (unpaired) electrons. The van der Waals surface area contributed by atoms with Gasteiger partial charge in [0, 0.05) is 36.3 Å². The topological polar surface area (TPSA) is 43.0 Å². The van der Waals surface area contributed by atoms with E-state index >= 15 is 0 Å². The van der Waals surface area contributed by atoms with Gasteiger partial charge in [-0.15, -0.1) is 26.3 Å². The van der Waals surface area contributed by atoms with Gasteiger partial charge in [0.25, 0.3) is 0 Å². The van der Waals surface area contributed by atoms with Crippen LogP contribution >= 0.6 is 0 Å². The van der Waals surface area contributed by atoms with Crippen molar-refractivity contribution < 1.29 is 40.6 Å². The minimum atomic E-state index is -4.79. The van der Waals surface area contributed by atoms with E-state index in [0.29, 0.717) is 36.9 Å². The van der Waals surface area contributed by atoms with Gasteiger partial charge in [0.15, 0.2) is 0 Å². The predicted molar refractivity (Wildman–Crippen MR) is 212 cm³/mol. The predicted octanol–water partition coefficient (Wildman–Crippen LogP) is 13.8. The second kappa shape index (κ2) is 18.4. The van der Waals surface area contributed by atoms with Crippen LogP contribution in [0.3, 0.4) is 0 Å². The molecule has 2 aliphatic carbocycles. The average molecular weight is 793 g/mol. The summed E-state index contributed by atoms with van der Waals surface area (Å²) in [5.74, 6) is 1.40. The summed E-state index contributed by atoms with van der Waals surface area (Å²) in [6, 6.07) is 9.24. The molecule has 0 spiro atoms. The highest BCUT2D eigenvalue weighted by Crippen LogP contribution is 2.55. The maximum Gasteiger partial charge on any atom is 0.573 e. The van der Waals surface area contributed by atoms with Crippen LogP contribution in [0.1, 0.15) is 141 Å². The third-order valence-corrected chi connectivity index (χ3v) is 13.0. The molecule has 3 aliphatic rings. The molecular weight excluding hydrogens is 730 g/mol. The molecule has 11 heteroatoms. The van der Waals surface area contributed by atoms with Crippen LogP contribution < -0.4 is 19.7 Å². The van der Waals surface area contributed by atoms with E-state index in [1.165, 1.54) is 88.5 Å². The van der Waals surface area contributed by atoms with Crippen molar-refractivity contribution >= 4 is 11.4 Å². The minimum absolute atomic E-state index is 0.107. The molecule has 0 saturated heterocycles. The van der Waals surface area contributed by atoms with E-state index < -0.39 is 23.7 Å². The van der Waals surface area contributed by atoms with Gasteiger partial charge < -0.3 is 24.4 Å². The lowest BCUT2D eigenvalue weighted by atomic mass is 9.69. The van der Waals surface area contributed by atoms with Crippen LogP contribution in [0.2, 0.25) is 0 Å². The highest BCUT2D eigenvalue weighted by molar-refractivity contribution is 5.68. The summed E-state index contributed by atoms with van der Waals surface area (Å²) in [6.45, 7) is 14.2. The first kappa shape index (κ1) is 43.6. The molecule has 5 rings (SSSR count). The molecule has 2 unspecified atom stereocenters. The van der Waals surface area contributed by atoms with E-state index in [2.05, 4.69) is 47.0 Å². The van der Waals surface area contributed by atoms with Gasteiger partial charge in [-0.1, -0.05) is 97.1 Å². The number of rotatable bonds is 17. The smallest absolute Gasteiger partial charge is 0.501 e. The normalized spacial score (nSPS) is 21.4. The third-order valence-electron chi connectivity index (χ3n) is 13.0. The number of hydrogen-bond donors (Lipinski definition) is 1. The number of allylic oxidation sites excluding steroid dienone is 2. The molecule has 56 heavy (non-hydrogen) atoms. The lowest BCUT2D eigenvalue weighted by Crippen LogP contribution is -2.54. The monoisotopic (exact) mass is 792 g/mol. The number of ether oxygens (including phenoxy) is 3. The second-order valence-electron chi connectivity index (χ2n) is 17.2. The van der Waals surface area contributed by atoms with Crippen LogP contribution in [0.4, 0.5) is 37.7 Å². The number of hydrogen-bond acceptors (Lipinski definition) is 5. The maximum atomic E-state index is 13.3. The number of benzene rings is 2. The zero-order valence-corrected chi connectivity index (χ0v) is 33.9. The Morgan fingerprint density at radius 2 is 1.43 bits per heavy atom. The quantitative estimate of drug-likeness (QED) is 0.0982. The molecule has 1 aliphatic heterocycles. The van der Waals surface area contributed by atoms with Crippen molar-refractivity contribution in [1.29, 1.82) is 0 Å². The second-order valence-corrected chi connectivity index (χ2v) is 17.2. The number of methoxy groups -OCH3 is 1. The van der Waals surface area contributed by atoms with Gasteiger partial charge in [-0.3, -0.25) is 0 Å². The van der Waals surface area contributed by atoms with Crippen LogP contribution in [0, 0.1) is 11.8 Å². The van der Waals surface area contributed by atoms with E-state index in [-0.39, 0.29) is 17.4 Å². The summed E-state index contributed by atoms with van der Waals surface area (Å²) in [6.07, 6.45) is 8.41. The van der Waals surface area contributed by atoms with Crippen molar-refractivity contribution in [2.45, 2.75) is 154 Å². The Hall–Kier alpha value is -3.50. The van der Waals surface area contributed by atoms with Gasteiger partial charge in [-0.2, -0.15) is 0 Å². The van der Waals surface area contributed by atoms with E-state index in [1.54, 1.807) is 19.2 Å². The first-order valence-electron chi connectivity index (χ1n) is 20.6. The van der Waals surface area contributed by atoms with E-state index in [1.807, 2.05) is 13.0 Å². The van der Waals surface area contributed by atoms with Gasteiger partial charge in [0.1, 0.15) is 11.5 Å². The van der Waals surface area contributed by atoms with Gasteiger partial charge in [0.2, 0.25) is 0 Å². The van der Waals surface area contributed by atoms with Crippen LogP contribution in [0.25, 0.3) is 0 Å². The number of fused-ring (bicyclic) bond motifs is 1. The van der Waals surface area contributed by atoms with Crippen LogP contribution in [0.5, 0.6) is 11.5 Å². The van der Waals surface area contributed by atoms with Gasteiger partial charge in [-0.25, -0.2) is 0 Å². The zero-order chi connectivity index (χ0) is 40.7. The van der Waals surface area contributed by atoms with Crippen molar-refractivity contribution in [2.75, 3.05) is 30.4 Å².